The zero-order chi connectivity index (χ0) is 16.7. The molecule has 0 aliphatic rings. The molecule has 0 fully saturated rings. The Balaban J connectivity index is 1.90. The van der Waals surface area contributed by atoms with E-state index in [2.05, 4.69) is 32.0 Å². The summed E-state index contributed by atoms with van der Waals surface area (Å²) < 4.78 is 16.1. The van der Waals surface area contributed by atoms with Crippen molar-refractivity contribution in [1.29, 1.82) is 0 Å². The highest BCUT2D eigenvalue weighted by molar-refractivity contribution is 9.10. The Bertz CT molecular complexity index is 1040. The summed E-state index contributed by atoms with van der Waals surface area (Å²) in [4.78, 5) is 8.91. The number of benzene rings is 2. The van der Waals surface area contributed by atoms with E-state index in [4.69, 9.17) is 0 Å². The predicted octanol–water partition coefficient (Wildman–Crippen LogP) is 5.20. The molecule has 4 aromatic rings. The second kappa shape index (κ2) is 5.83. The van der Waals surface area contributed by atoms with E-state index in [-0.39, 0.29) is 5.82 Å². The average Bonchev–Trinajstić information content (AvgIpc) is 2.96. The third kappa shape index (κ3) is 2.61. The lowest BCUT2D eigenvalue weighted by molar-refractivity contribution is 0.628. The smallest absolute Gasteiger partial charge is 0.123 e. The van der Waals surface area contributed by atoms with Crippen LogP contribution in [0, 0.1) is 5.82 Å². The fraction of sp³-hybridized carbons (Fsp3) is 0.0526. The number of halogens is 2. The van der Waals surface area contributed by atoms with Crippen LogP contribution in [0.25, 0.3) is 33.4 Å². The maximum Gasteiger partial charge on any atom is 0.123 e. The van der Waals surface area contributed by atoms with Gasteiger partial charge in [0.25, 0.3) is 0 Å². The van der Waals surface area contributed by atoms with Gasteiger partial charge in [-0.25, -0.2) is 9.37 Å². The highest BCUT2D eigenvalue weighted by atomic mass is 79.9. The van der Waals surface area contributed by atoms with Gasteiger partial charge >= 0.3 is 0 Å². The lowest BCUT2D eigenvalue weighted by atomic mass is 10.0. The molecular weight excluding hydrogens is 369 g/mol. The first-order valence-electron chi connectivity index (χ1n) is 7.45. The number of imidazole rings is 1. The second-order valence-corrected chi connectivity index (χ2v) is 6.54. The molecule has 3 nitrogen and oxygen atoms in total. The minimum atomic E-state index is -0.252. The number of hydrogen-bond acceptors (Lipinski definition) is 2. The van der Waals surface area contributed by atoms with Crippen molar-refractivity contribution in [3.05, 3.63) is 71.3 Å². The molecule has 0 saturated heterocycles. The van der Waals surface area contributed by atoms with Gasteiger partial charge in [-0.15, -0.1) is 0 Å². The molecular formula is C19H13BrFN3. The molecule has 2 aromatic carbocycles. The van der Waals surface area contributed by atoms with Gasteiger partial charge in [0.2, 0.25) is 0 Å². The maximum absolute atomic E-state index is 13.2. The Morgan fingerprint density at radius 2 is 1.71 bits per heavy atom. The molecule has 2 aromatic heterocycles. The number of aromatic nitrogens is 3. The summed E-state index contributed by atoms with van der Waals surface area (Å²) in [5.41, 5.74) is 4.69. The van der Waals surface area contributed by atoms with Crippen molar-refractivity contribution in [2.24, 2.45) is 7.05 Å². The molecule has 0 bridgehead atoms. The van der Waals surface area contributed by atoms with Crippen LogP contribution in [0.4, 0.5) is 4.39 Å². The van der Waals surface area contributed by atoms with Gasteiger partial charge < -0.3 is 4.57 Å². The topological polar surface area (TPSA) is 30.7 Å². The lowest BCUT2D eigenvalue weighted by Gasteiger charge is -2.08. The van der Waals surface area contributed by atoms with Crippen LogP contribution in [0.3, 0.4) is 0 Å². The minimum Gasteiger partial charge on any atom is -0.333 e. The quantitative estimate of drug-likeness (QED) is 0.477. The first-order valence-corrected chi connectivity index (χ1v) is 8.24. The normalized spacial score (nSPS) is 11.1. The first kappa shape index (κ1) is 15.0. The number of fused-ring (bicyclic) bond motifs is 1. The Hall–Kier alpha value is -2.53. The SMILES string of the molecule is Cn1cnc(-c2ccc(F)cc2)c1-c1ccc2ncc(Br)cc2c1. The van der Waals surface area contributed by atoms with Gasteiger partial charge in [0.15, 0.2) is 0 Å². The van der Waals surface area contributed by atoms with Crippen molar-refractivity contribution in [2.75, 3.05) is 0 Å². The number of aryl methyl sites for hydroxylation is 1. The Morgan fingerprint density at radius 3 is 2.50 bits per heavy atom. The van der Waals surface area contributed by atoms with Crippen LogP contribution in [0.2, 0.25) is 0 Å². The van der Waals surface area contributed by atoms with Crippen molar-refractivity contribution < 1.29 is 4.39 Å². The van der Waals surface area contributed by atoms with Crippen LogP contribution < -0.4 is 0 Å². The van der Waals surface area contributed by atoms with Crippen LogP contribution in [0.15, 0.2) is 65.5 Å². The van der Waals surface area contributed by atoms with Crippen LogP contribution >= 0.6 is 15.9 Å². The summed E-state index contributed by atoms with van der Waals surface area (Å²) in [6.45, 7) is 0. The summed E-state index contributed by atoms with van der Waals surface area (Å²) in [5.74, 6) is -0.252. The molecule has 0 radical (unpaired) electrons. The fourth-order valence-electron chi connectivity index (χ4n) is 2.84. The van der Waals surface area contributed by atoms with E-state index >= 15 is 0 Å². The molecule has 4 rings (SSSR count). The molecule has 0 aliphatic carbocycles. The monoisotopic (exact) mass is 381 g/mol. The van der Waals surface area contributed by atoms with Crippen LogP contribution in [-0.4, -0.2) is 14.5 Å². The molecule has 118 valence electrons. The summed E-state index contributed by atoms with van der Waals surface area (Å²) >= 11 is 3.46. The van der Waals surface area contributed by atoms with E-state index in [9.17, 15) is 4.39 Å². The van der Waals surface area contributed by atoms with Crippen molar-refractivity contribution >= 4 is 26.8 Å². The third-order valence-corrected chi connectivity index (χ3v) is 4.41. The number of nitrogens with zero attached hydrogens (tertiary/aromatic N) is 3. The van der Waals surface area contributed by atoms with Gasteiger partial charge in [0.1, 0.15) is 5.82 Å². The van der Waals surface area contributed by atoms with Gasteiger partial charge in [-0.2, -0.15) is 0 Å². The molecule has 0 amide bonds. The Kier molecular flexibility index (Phi) is 3.65. The zero-order valence-corrected chi connectivity index (χ0v) is 14.5. The average molecular weight is 382 g/mol. The molecule has 0 atom stereocenters. The largest absolute Gasteiger partial charge is 0.333 e. The van der Waals surface area contributed by atoms with Gasteiger partial charge in [0, 0.05) is 34.2 Å². The minimum absolute atomic E-state index is 0.252. The standard InChI is InChI=1S/C19H13BrFN3/c1-24-11-23-18(12-2-5-16(21)6-3-12)19(24)13-4-7-17-14(8-13)9-15(20)10-22-17/h2-11H,1H3. The zero-order valence-electron chi connectivity index (χ0n) is 12.9. The van der Waals surface area contributed by atoms with E-state index in [1.165, 1.54) is 12.1 Å². The number of pyridine rings is 1. The van der Waals surface area contributed by atoms with Crippen molar-refractivity contribution in [3.63, 3.8) is 0 Å². The van der Waals surface area contributed by atoms with Gasteiger partial charge in [-0.3, -0.25) is 4.98 Å². The molecule has 0 unspecified atom stereocenters. The van der Waals surface area contributed by atoms with E-state index in [0.29, 0.717) is 0 Å². The maximum atomic E-state index is 13.2. The summed E-state index contributed by atoms with van der Waals surface area (Å²) in [6, 6.07) is 14.6. The van der Waals surface area contributed by atoms with E-state index in [0.717, 1.165) is 37.9 Å². The van der Waals surface area contributed by atoms with Crippen LogP contribution in [0.1, 0.15) is 0 Å². The number of hydrogen-bond donors (Lipinski definition) is 0. The fourth-order valence-corrected chi connectivity index (χ4v) is 3.19. The molecule has 0 saturated carbocycles. The molecule has 0 spiro atoms. The van der Waals surface area contributed by atoms with Gasteiger partial charge in [-0.05, 0) is 58.4 Å². The molecule has 0 N–H and O–H groups in total. The summed E-state index contributed by atoms with van der Waals surface area (Å²) in [7, 11) is 1.96. The Labute approximate surface area is 146 Å². The van der Waals surface area contributed by atoms with Gasteiger partial charge in [-0.1, -0.05) is 6.07 Å². The first-order chi connectivity index (χ1) is 11.6. The summed E-state index contributed by atoms with van der Waals surface area (Å²) in [6.07, 6.45) is 3.56. The molecule has 24 heavy (non-hydrogen) atoms. The van der Waals surface area contributed by atoms with Crippen molar-refractivity contribution in [3.8, 4) is 22.5 Å². The highest BCUT2D eigenvalue weighted by Crippen LogP contribution is 2.32. The van der Waals surface area contributed by atoms with Gasteiger partial charge in [0.05, 0.1) is 23.2 Å². The summed E-state index contributed by atoms with van der Waals surface area (Å²) in [5, 5.41) is 1.05. The highest BCUT2D eigenvalue weighted by Gasteiger charge is 2.14. The number of rotatable bonds is 2. The van der Waals surface area contributed by atoms with Crippen molar-refractivity contribution in [1.82, 2.24) is 14.5 Å². The third-order valence-electron chi connectivity index (χ3n) is 3.98. The van der Waals surface area contributed by atoms with E-state index in [1.807, 2.05) is 29.8 Å². The molecule has 5 heteroatoms. The second-order valence-electron chi connectivity index (χ2n) is 5.62. The predicted molar refractivity (Wildman–Crippen MR) is 97.0 cm³/mol. The van der Waals surface area contributed by atoms with Crippen molar-refractivity contribution in [2.45, 2.75) is 0 Å². The van der Waals surface area contributed by atoms with E-state index < -0.39 is 0 Å². The molecule has 0 aliphatic heterocycles. The Morgan fingerprint density at radius 1 is 0.958 bits per heavy atom. The lowest BCUT2D eigenvalue weighted by Crippen LogP contribution is -1.92. The van der Waals surface area contributed by atoms with Crippen LogP contribution in [0.5, 0.6) is 0 Å². The molecule has 2 heterocycles. The van der Waals surface area contributed by atoms with Crippen LogP contribution in [-0.2, 0) is 7.05 Å². The van der Waals surface area contributed by atoms with E-state index in [1.54, 1.807) is 24.7 Å².